The van der Waals surface area contributed by atoms with Crippen LogP contribution in [-0.4, -0.2) is 22.0 Å². The molecular weight excluding hydrogens is 283 g/mol. The lowest BCUT2D eigenvalue weighted by molar-refractivity contribution is 0.197. The summed E-state index contributed by atoms with van der Waals surface area (Å²) in [6.07, 6.45) is 1.10. The van der Waals surface area contributed by atoms with Crippen molar-refractivity contribution in [2.24, 2.45) is 0 Å². The Bertz CT molecular complexity index is 581. The summed E-state index contributed by atoms with van der Waals surface area (Å²) in [5.41, 5.74) is 0.437. The quantitative estimate of drug-likeness (QED) is 0.922. The zero-order valence-corrected chi connectivity index (χ0v) is 12.1. The Hall–Kier alpha value is -1.59. The lowest BCUT2D eigenvalue weighted by Crippen LogP contribution is -2.12. The first-order chi connectivity index (χ1) is 9.60. The number of aliphatic hydroxyl groups excluding tert-OH is 1. The van der Waals surface area contributed by atoms with E-state index in [1.807, 2.05) is 6.92 Å². The third-order valence-corrected chi connectivity index (χ3v) is 3.36. The molecule has 1 N–H and O–H groups in total. The minimum atomic E-state index is -1.23. The van der Waals surface area contributed by atoms with Gasteiger partial charge in [-0.2, -0.15) is 5.10 Å². The summed E-state index contributed by atoms with van der Waals surface area (Å²) in [6.45, 7) is 2.59. The van der Waals surface area contributed by atoms with Crippen molar-refractivity contribution in [3.05, 3.63) is 46.5 Å². The molecule has 6 heteroatoms. The number of benzene rings is 1. The van der Waals surface area contributed by atoms with Crippen LogP contribution in [0.15, 0.2) is 24.4 Å². The fourth-order valence-corrected chi connectivity index (χ4v) is 2.38. The van der Waals surface area contributed by atoms with Gasteiger partial charge in [0.2, 0.25) is 0 Å². The van der Waals surface area contributed by atoms with Gasteiger partial charge in [-0.25, -0.2) is 4.39 Å². The van der Waals surface area contributed by atoms with Gasteiger partial charge in [-0.05, 0) is 18.6 Å². The Balaban J connectivity index is 2.52. The van der Waals surface area contributed by atoms with Crippen molar-refractivity contribution in [3.63, 3.8) is 0 Å². The standard InChI is InChI=1S/C14H16ClFN2O2/c1-3-7-18-13(11(20-2)8-17-18)14(19)12-9(15)5-4-6-10(12)16/h4-6,8,14,19H,3,7H2,1-2H3. The highest BCUT2D eigenvalue weighted by Crippen LogP contribution is 2.35. The number of ether oxygens (including phenoxy) is 1. The lowest BCUT2D eigenvalue weighted by Gasteiger charge is -2.16. The first-order valence-corrected chi connectivity index (χ1v) is 6.69. The maximum absolute atomic E-state index is 13.9. The summed E-state index contributed by atoms with van der Waals surface area (Å²) in [6, 6.07) is 4.29. The van der Waals surface area contributed by atoms with Crippen LogP contribution in [0.1, 0.15) is 30.7 Å². The molecule has 20 heavy (non-hydrogen) atoms. The zero-order valence-electron chi connectivity index (χ0n) is 11.3. The second kappa shape index (κ2) is 6.24. The van der Waals surface area contributed by atoms with Crippen molar-refractivity contribution < 1.29 is 14.2 Å². The molecule has 2 aromatic rings. The highest BCUT2D eigenvalue weighted by molar-refractivity contribution is 6.31. The van der Waals surface area contributed by atoms with Gasteiger partial charge in [0.05, 0.1) is 13.3 Å². The summed E-state index contributed by atoms with van der Waals surface area (Å²) in [5, 5.41) is 14.8. The first kappa shape index (κ1) is 14.8. The van der Waals surface area contributed by atoms with Gasteiger partial charge in [0.15, 0.2) is 5.75 Å². The van der Waals surface area contributed by atoms with E-state index >= 15 is 0 Å². The molecule has 2 rings (SSSR count). The number of aliphatic hydroxyl groups is 1. The van der Waals surface area contributed by atoms with Crippen LogP contribution in [-0.2, 0) is 6.54 Å². The minimum Gasteiger partial charge on any atom is -0.493 e. The van der Waals surface area contributed by atoms with Gasteiger partial charge >= 0.3 is 0 Å². The summed E-state index contributed by atoms with van der Waals surface area (Å²) >= 11 is 6.00. The van der Waals surface area contributed by atoms with Crippen molar-refractivity contribution in [2.45, 2.75) is 26.0 Å². The van der Waals surface area contributed by atoms with Crippen LogP contribution in [0.3, 0.4) is 0 Å². The fourth-order valence-electron chi connectivity index (χ4n) is 2.11. The predicted octanol–water partition coefficient (Wildman–Crippen LogP) is 3.18. The van der Waals surface area contributed by atoms with E-state index < -0.39 is 11.9 Å². The van der Waals surface area contributed by atoms with Gasteiger partial charge in [-0.3, -0.25) is 4.68 Å². The van der Waals surface area contributed by atoms with Crippen molar-refractivity contribution in [3.8, 4) is 5.75 Å². The predicted molar refractivity (Wildman–Crippen MR) is 74.5 cm³/mol. The van der Waals surface area contributed by atoms with Gasteiger partial charge in [0.25, 0.3) is 0 Å². The molecule has 0 radical (unpaired) electrons. The Labute approximate surface area is 121 Å². The van der Waals surface area contributed by atoms with E-state index in [0.717, 1.165) is 6.42 Å². The number of methoxy groups -OCH3 is 1. The normalized spacial score (nSPS) is 12.4. The molecule has 1 unspecified atom stereocenters. The van der Waals surface area contributed by atoms with Crippen LogP contribution in [0.4, 0.5) is 4.39 Å². The molecule has 0 bridgehead atoms. The number of hydrogen-bond donors (Lipinski definition) is 1. The number of aryl methyl sites for hydroxylation is 1. The minimum absolute atomic E-state index is 0.0327. The van der Waals surface area contributed by atoms with Crippen LogP contribution in [0, 0.1) is 5.82 Å². The molecule has 0 aliphatic heterocycles. The van der Waals surface area contributed by atoms with E-state index in [2.05, 4.69) is 5.10 Å². The zero-order chi connectivity index (χ0) is 14.7. The lowest BCUT2D eigenvalue weighted by atomic mass is 10.1. The number of halogens is 2. The third-order valence-electron chi connectivity index (χ3n) is 3.03. The molecule has 1 aromatic heterocycles. The molecule has 0 saturated heterocycles. The molecule has 1 heterocycles. The molecule has 0 spiro atoms. The molecular formula is C14H16ClFN2O2. The molecule has 0 saturated carbocycles. The summed E-state index contributed by atoms with van der Waals surface area (Å²) in [7, 11) is 1.48. The highest BCUT2D eigenvalue weighted by atomic mass is 35.5. The Kier molecular flexibility index (Phi) is 4.62. The number of aromatic nitrogens is 2. The number of nitrogens with zero attached hydrogens (tertiary/aromatic N) is 2. The van der Waals surface area contributed by atoms with Crippen LogP contribution >= 0.6 is 11.6 Å². The van der Waals surface area contributed by atoms with Crippen molar-refractivity contribution >= 4 is 11.6 Å². The average molecular weight is 299 g/mol. The summed E-state index contributed by atoms with van der Waals surface area (Å²) in [5.74, 6) is -0.151. The maximum atomic E-state index is 13.9. The largest absolute Gasteiger partial charge is 0.493 e. The first-order valence-electron chi connectivity index (χ1n) is 6.31. The van der Waals surface area contributed by atoms with Crippen LogP contribution in [0.5, 0.6) is 5.75 Å². The topological polar surface area (TPSA) is 47.3 Å². The van der Waals surface area contributed by atoms with E-state index in [1.165, 1.54) is 31.5 Å². The molecule has 0 aliphatic rings. The van der Waals surface area contributed by atoms with Crippen LogP contribution in [0.2, 0.25) is 5.02 Å². The van der Waals surface area contributed by atoms with E-state index in [9.17, 15) is 9.50 Å². The molecule has 1 aromatic carbocycles. The molecule has 0 aliphatic carbocycles. The second-order valence-corrected chi connectivity index (χ2v) is 4.77. The third kappa shape index (κ3) is 2.64. The van der Waals surface area contributed by atoms with Crippen molar-refractivity contribution in [1.82, 2.24) is 9.78 Å². The smallest absolute Gasteiger partial charge is 0.163 e. The van der Waals surface area contributed by atoms with Gasteiger partial charge < -0.3 is 9.84 Å². The molecule has 0 fully saturated rings. The summed E-state index contributed by atoms with van der Waals surface area (Å²) in [4.78, 5) is 0. The SMILES string of the molecule is CCCn1ncc(OC)c1C(O)c1c(F)cccc1Cl. The Morgan fingerprint density at radius 1 is 1.50 bits per heavy atom. The van der Waals surface area contributed by atoms with Gasteiger partial charge in [-0.15, -0.1) is 0 Å². The fraction of sp³-hybridized carbons (Fsp3) is 0.357. The van der Waals surface area contributed by atoms with E-state index in [1.54, 1.807) is 4.68 Å². The van der Waals surface area contributed by atoms with Gasteiger partial charge in [0, 0.05) is 17.1 Å². The maximum Gasteiger partial charge on any atom is 0.163 e. The molecule has 0 amide bonds. The monoisotopic (exact) mass is 298 g/mol. The molecule has 1 atom stereocenters. The Morgan fingerprint density at radius 2 is 2.25 bits per heavy atom. The summed E-state index contributed by atoms with van der Waals surface area (Å²) < 4.78 is 20.7. The van der Waals surface area contributed by atoms with E-state index in [-0.39, 0.29) is 10.6 Å². The van der Waals surface area contributed by atoms with Crippen molar-refractivity contribution in [1.29, 1.82) is 0 Å². The van der Waals surface area contributed by atoms with Crippen LogP contribution in [0.25, 0.3) is 0 Å². The van der Waals surface area contributed by atoms with E-state index in [0.29, 0.717) is 18.0 Å². The van der Waals surface area contributed by atoms with Crippen LogP contribution < -0.4 is 4.74 Å². The molecule has 108 valence electrons. The van der Waals surface area contributed by atoms with Crippen molar-refractivity contribution in [2.75, 3.05) is 7.11 Å². The average Bonchev–Trinajstić information content (AvgIpc) is 2.81. The van der Waals surface area contributed by atoms with Gasteiger partial charge in [-0.1, -0.05) is 24.6 Å². The van der Waals surface area contributed by atoms with E-state index in [4.69, 9.17) is 16.3 Å². The highest BCUT2D eigenvalue weighted by Gasteiger charge is 2.25. The van der Waals surface area contributed by atoms with Gasteiger partial charge in [0.1, 0.15) is 17.6 Å². The number of hydrogen-bond acceptors (Lipinski definition) is 3. The Morgan fingerprint density at radius 3 is 2.85 bits per heavy atom. The number of rotatable bonds is 5. The molecule has 4 nitrogen and oxygen atoms in total. The second-order valence-electron chi connectivity index (χ2n) is 4.36.